The summed E-state index contributed by atoms with van der Waals surface area (Å²) in [5, 5.41) is 0. The van der Waals surface area contributed by atoms with E-state index >= 15 is 0 Å². The number of halogens is 1. The van der Waals surface area contributed by atoms with E-state index in [1.165, 1.54) is 4.31 Å². The van der Waals surface area contributed by atoms with Crippen molar-refractivity contribution in [1.82, 2.24) is 4.31 Å². The third kappa shape index (κ3) is 2.66. The lowest BCUT2D eigenvalue weighted by Crippen LogP contribution is -2.49. The number of rotatable bonds is 2. The van der Waals surface area contributed by atoms with Crippen molar-refractivity contribution in [3.05, 3.63) is 16.5 Å². The van der Waals surface area contributed by atoms with Gasteiger partial charge in [0.1, 0.15) is 4.21 Å². The molecule has 2 heterocycles. The average Bonchev–Trinajstić information content (AvgIpc) is 2.69. The molecule has 0 aliphatic carbocycles. The number of thiophene rings is 1. The maximum absolute atomic E-state index is 12.4. The summed E-state index contributed by atoms with van der Waals surface area (Å²) in [6.07, 6.45) is -0.0728. The normalized spacial score (nSPS) is 27.2. The van der Waals surface area contributed by atoms with E-state index in [4.69, 9.17) is 16.3 Å². The maximum Gasteiger partial charge on any atom is 0.253 e. The SMILES string of the molecule is CC1CN(S(=O)(=O)c2ccc(Cl)s2)C(C)CO1. The number of sulfonamides is 1. The largest absolute Gasteiger partial charge is 0.375 e. The van der Waals surface area contributed by atoms with E-state index in [1.807, 2.05) is 13.8 Å². The number of ether oxygens (including phenoxy) is 1. The molecule has 2 rings (SSSR count). The Morgan fingerprint density at radius 3 is 2.76 bits per heavy atom. The molecule has 0 N–H and O–H groups in total. The van der Waals surface area contributed by atoms with Crippen molar-refractivity contribution in [3.8, 4) is 0 Å². The molecular formula is C10H14ClNO3S2. The Labute approximate surface area is 110 Å². The molecule has 0 aromatic carbocycles. The van der Waals surface area contributed by atoms with Gasteiger partial charge >= 0.3 is 0 Å². The highest BCUT2D eigenvalue weighted by Crippen LogP contribution is 2.30. The van der Waals surface area contributed by atoms with Gasteiger partial charge in [-0.1, -0.05) is 11.6 Å². The van der Waals surface area contributed by atoms with Gasteiger partial charge in [0.15, 0.2) is 0 Å². The first-order valence-corrected chi connectivity index (χ1v) is 7.93. The van der Waals surface area contributed by atoms with Crippen LogP contribution in [-0.4, -0.2) is 38.0 Å². The van der Waals surface area contributed by atoms with Gasteiger partial charge < -0.3 is 4.74 Å². The third-order valence-corrected chi connectivity index (χ3v) is 6.34. The van der Waals surface area contributed by atoms with E-state index < -0.39 is 10.0 Å². The molecule has 1 aromatic rings. The van der Waals surface area contributed by atoms with Crippen molar-refractivity contribution in [2.75, 3.05) is 13.2 Å². The summed E-state index contributed by atoms with van der Waals surface area (Å²) >= 11 is 6.87. The van der Waals surface area contributed by atoms with Crippen LogP contribution in [0.25, 0.3) is 0 Å². The lowest BCUT2D eigenvalue weighted by molar-refractivity contribution is -0.0170. The Balaban J connectivity index is 2.31. The second-order valence-corrected chi connectivity index (χ2v) is 7.96. The van der Waals surface area contributed by atoms with Crippen LogP contribution < -0.4 is 0 Å². The Morgan fingerprint density at radius 2 is 2.18 bits per heavy atom. The van der Waals surface area contributed by atoms with Gasteiger partial charge in [-0.2, -0.15) is 4.31 Å². The molecule has 1 fully saturated rings. The average molecular weight is 296 g/mol. The first-order chi connectivity index (χ1) is 7.91. The Hall–Kier alpha value is -0.140. The van der Waals surface area contributed by atoms with Crippen molar-refractivity contribution in [2.45, 2.75) is 30.2 Å². The zero-order valence-corrected chi connectivity index (χ0v) is 12.0. The maximum atomic E-state index is 12.4. The van der Waals surface area contributed by atoms with Crippen LogP contribution in [0.1, 0.15) is 13.8 Å². The van der Waals surface area contributed by atoms with Gasteiger partial charge in [0, 0.05) is 12.6 Å². The van der Waals surface area contributed by atoms with E-state index in [1.54, 1.807) is 12.1 Å². The molecule has 2 atom stereocenters. The summed E-state index contributed by atoms with van der Waals surface area (Å²) in [7, 11) is -3.44. The second-order valence-electron chi connectivity index (χ2n) is 4.13. The van der Waals surface area contributed by atoms with Crippen LogP contribution in [0.5, 0.6) is 0 Å². The predicted octanol–water partition coefficient (Wildman–Crippen LogP) is 2.20. The summed E-state index contributed by atoms with van der Waals surface area (Å²) in [4.78, 5) is 0. The van der Waals surface area contributed by atoms with E-state index in [0.717, 1.165) is 11.3 Å². The van der Waals surface area contributed by atoms with E-state index in [-0.39, 0.29) is 12.1 Å². The van der Waals surface area contributed by atoms with Crippen molar-refractivity contribution in [3.63, 3.8) is 0 Å². The standard InChI is InChI=1S/C10H14ClNO3S2/c1-7-6-15-8(2)5-12(7)17(13,14)10-4-3-9(11)16-10/h3-4,7-8H,5-6H2,1-2H3. The van der Waals surface area contributed by atoms with Gasteiger partial charge in [0.2, 0.25) is 0 Å². The third-order valence-electron chi connectivity index (χ3n) is 2.66. The fraction of sp³-hybridized carbons (Fsp3) is 0.600. The van der Waals surface area contributed by atoms with E-state index in [0.29, 0.717) is 21.7 Å². The molecule has 96 valence electrons. The Kier molecular flexibility index (Phi) is 3.80. The van der Waals surface area contributed by atoms with Gasteiger partial charge in [-0.3, -0.25) is 0 Å². The highest BCUT2D eigenvalue weighted by atomic mass is 35.5. The number of nitrogens with zero attached hydrogens (tertiary/aromatic N) is 1. The minimum atomic E-state index is -3.44. The van der Waals surface area contributed by atoms with Crippen LogP contribution in [0, 0.1) is 0 Å². The number of hydrogen-bond donors (Lipinski definition) is 0. The van der Waals surface area contributed by atoms with Gasteiger partial charge in [0.05, 0.1) is 17.0 Å². The molecule has 1 aliphatic rings. The zero-order valence-electron chi connectivity index (χ0n) is 9.59. The van der Waals surface area contributed by atoms with Crippen molar-refractivity contribution < 1.29 is 13.2 Å². The van der Waals surface area contributed by atoms with Gasteiger partial charge in [0.25, 0.3) is 10.0 Å². The molecule has 17 heavy (non-hydrogen) atoms. The molecule has 2 unspecified atom stereocenters. The quantitative estimate of drug-likeness (QED) is 0.840. The van der Waals surface area contributed by atoms with E-state index in [2.05, 4.69) is 0 Å². The molecule has 1 saturated heterocycles. The first-order valence-electron chi connectivity index (χ1n) is 5.30. The summed E-state index contributed by atoms with van der Waals surface area (Å²) in [6.45, 7) is 4.53. The molecule has 0 spiro atoms. The van der Waals surface area contributed by atoms with Crippen LogP contribution in [-0.2, 0) is 14.8 Å². The molecule has 4 nitrogen and oxygen atoms in total. The molecule has 7 heteroatoms. The zero-order chi connectivity index (χ0) is 12.6. The van der Waals surface area contributed by atoms with Crippen LogP contribution in [0.4, 0.5) is 0 Å². The van der Waals surface area contributed by atoms with Gasteiger partial charge in [-0.05, 0) is 26.0 Å². The Bertz CT molecular complexity index is 499. The van der Waals surface area contributed by atoms with Crippen LogP contribution in [0.3, 0.4) is 0 Å². The molecule has 1 aliphatic heterocycles. The highest BCUT2D eigenvalue weighted by Gasteiger charge is 2.34. The number of hydrogen-bond acceptors (Lipinski definition) is 4. The molecule has 0 radical (unpaired) electrons. The lowest BCUT2D eigenvalue weighted by atomic mass is 10.2. The van der Waals surface area contributed by atoms with Crippen molar-refractivity contribution >= 4 is 33.0 Å². The van der Waals surface area contributed by atoms with E-state index in [9.17, 15) is 8.42 Å². The summed E-state index contributed by atoms with van der Waals surface area (Å²) in [5.41, 5.74) is 0. The fourth-order valence-electron chi connectivity index (χ4n) is 1.76. The molecule has 1 aromatic heterocycles. The lowest BCUT2D eigenvalue weighted by Gasteiger charge is -2.35. The van der Waals surface area contributed by atoms with Crippen molar-refractivity contribution in [2.24, 2.45) is 0 Å². The van der Waals surface area contributed by atoms with Crippen LogP contribution >= 0.6 is 22.9 Å². The monoisotopic (exact) mass is 295 g/mol. The van der Waals surface area contributed by atoms with Crippen LogP contribution in [0.15, 0.2) is 16.3 Å². The molecule has 0 saturated carbocycles. The smallest absolute Gasteiger partial charge is 0.253 e. The fourth-order valence-corrected chi connectivity index (χ4v) is 5.06. The molecule has 0 bridgehead atoms. The Morgan fingerprint density at radius 1 is 1.47 bits per heavy atom. The van der Waals surface area contributed by atoms with Gasteiger partial charge in [-0.25, -0.2) is 8.42 Å². The molecular weight excluding hydrogens is 282 g/mol. The predicted molar refractivity (Wildman–Crippen MR) is 68.1 cm³/mol. The topological polar surface area (TPSA) is 46.6 Å². The highest BCUT2D eigenvalue weighted by molar-refractivity contribution is 7.91. The minimum Gasteiger partial charge on any atom is -0.375 e. The summed E-state index contributed by atoms with van der Waals surface area (Å²) in [5.74, 6) is 0. The van der Waals surface area contributed by atoms with Crippen molar-refractivity contribution in [1.29, 1.82) is 0 Å². The first kappa shape index (κ1) is 13.3. The number of morpholine rings is 1. The second kappa shape index (κ2) is 4.85. The van der Waals surface area contributed by atoms with Crippen LogP contribution in [0.2, 0.25) is 4.34 Å². The molecule has 0 amide bonds. The summed E-state index contributed by atoms with van der Waals surface area (Å²) in [6, 6.07) is 3.01. The minimum absolute atomic E-state index is 0.0728. The van der Waals surface area contributed by atoms with Gasteiger partial charge in [-0.15, -0.1) is 11.3 Å². The summed E-state index contributed by atoms with van der Waals surface area (Å²) < 4.78 is 32.5.